The van der Waals surface area contributed by atoms with Crippen LogP contribution in [0, 0.1) is 5.92 Å². The van der Waals surface area contributed by atoms with Gasteiger partial charge in [0.05, 0.1) is 11.9 Å². The molecular weight excluding hydrogens is 254 g/mol. The number of aromatic nitrogens is 1. The summed E-state index contributed by atoms with van der Waals surface area (Å²) in [5.41, 5.74) is 1.08. The summed E-state index contributed by atoms with van der Waals surface area (Å²) in [4.78, 5) is 18.6. The monoisotopic (exact) mass is 277 g/mol. The third kappa shape index (κ3) is 3.70. The molecule has 0 saturated carbocycles. The van der Waals surface area contributed by atoms with Crippen LogP contribution in [0.1, 0.15) is 26.7 Å². The van der Waals surface area contributed by atoms with Gasteiger partial charge in [0.1, 0.15) is 5.82 Å². The number of pyridine rings is 1. The molecule has 0 aromatic carbocycles. The summed E-state index contributed by atoms with van der Waals surface area (Å²) >= 11 is 0. The van der Waals surface area contributed by atoms with Crippen molar-refractivity contribution in [1.82, 2.24) is 4.98 Å². The topological polar surface area (TPSA) is 54.5 Å². The molecule has 1 aromatic rings. The first kappa shape index (κ1) is 14.8. The largest absolute Gasteiger partial charge is 0.381 e. The molecular formula is C15H23N3O2. The quantitative estimate of drug-likeness (QED) is 0.897. The highest BCUT2D eigenvalue weighted by atomic mass is 16.5. The van der Waals surface area contributed by atoms with Crippen LogP contribution in [0.15, 0.2) is 18.3 Å². The number of carbonyl (C=O) groups excluding carboxylic acids is 1. The number of carbonyl (C=O) groups is 1. The molecule has 1 saturated heterocycles. The summed E-state index contributed by atoms with van der Waals surface area (Å²) in [6, 6.07) is 3.87. The molecule has 0 radical (unpaired) electrons. The Kier molecular flexibility index (Phi) is 5.35. The molecule has 1 aliphatic rings. The van der Waals surface area contributed by atoms with Crippen molar-refractivity contribution in [3.63, 3.8) is 0 Å². The van der Waals surface area contributed by atoms with Crippen LogP contribution in [0.25, 0.3) is 0 Å². The average molecular weight is 277 g/mol. The van der Waals surface area contributed by atoms with Crippen LogP contribution in [-0.4, -0.2) is 37.2 Å². The van der Waals surface area contributed by atoms with Gasteiger partial charge in [-0.05, 0) is 38.8 Å². The van der Waals surface area contributed by atoms with Gasteiger partial charge in [-0.25, -0.2) is 4.98 Å². The molecule has 0 aliphatic carbocycles. The van der Waals surface area contributed by atoms with Crippen molar-refractivity contribution >= 4 is 17.4 Å². The van der Waals surface area contributed by atoms with Crippen LogP contribution in [0.2, 0.25) is 0 Å². The maximum absolute atomic E-state index is 12.1. The van der Waals surface area contributed by atoms with Crippen molar-refractivity contribution in [1.29, 1.82) is 0 Å². The van der Waals surface area contributed by atoms with Crippen molar-refractivity contribution in [2.45, 2.75) is 26.7 Å². The molecule has 110 valence electrons. The van der Waals surface area contributed by atoms with Gasteiger partial charge in [-0.3, -0.25) is 4.79 Å². The van der Waals surface area contributed by atoms with Crippen molar-refractivity contribution in [2.24, 2.45) is 5.92 Å². The Labute approximate surface area is 120 Å². The first-order valence-electron chi connectivity index (χ1n) is 7.34. The molecule has 5 heteroatoms. The summed E-state index contributed by atoms with van der Waals surface area (Å²) in [6.07, 6.45) is 3.40. The highest BCUT2D eigenvalue weighted by Crippen LogP contribution is 2.18. The van der Waals surface area contributed by atoms with Gasteiger partial charge in [0.25, 0.3) is 0 Å². The molecule has 1 fully saturated rings. The lowest BCUT2D eigenvalue weighted by Crippen LogP contribution is -2.29. The van der Waals surface area contributed by atoms with Crippen LogP contribution in [0.5, 0.6) is 0 Å². The molecule has 2 heterocycles. The van der Waals surface area contributed by atoms with Crippen molar-refractivity contribution in [2.75, 3.05) is 36.5 Å². The van der Waals surface area contributed by atoms with Gasteiger partial charge in [0, 0.05) is 32.2 Å². The van der Waals surface area contributed by atoms with Gasteiger partial charge in [-0.2, -0.15) is 0 Å². The minimum atomic E-state index is 0.0491. The van der Waals surface area contributed by atoms with Crippen LogP contribution in [0.4, 0.5) is 11.5 Å². The van der Waals surface area contributed by atoms with E-state index >= 15 is 0 Å². The zero-order valence-corrected chi connectivity index (χ0v) is 12.3. The van der Waals surface area contributed by atoms with E-state index in [0.717, 1.165) is 31.6 Å². The van der Waals surface area contributed by atoms with Gasteiger partial charge in [-0.15, -0.1) is 0 Å². The Morgan fingerprint density at radius 3 is 2.60 bits per heavy atom. The fraction of sp³-hybridized carbons (Fsp3) is 0.600. The van der Waals surface area contributed by atoms with Crippen molar-refractivity contribution < 1.29 is 9.53 Å². The van der Waals surface area contributed by atoms with E-state index in [1.54, 1.807) is 0 Å². The molecule has 0 bridgehead atoms. The van der Waals surface area contributed by atoms with Gasteiger partial charge < -0.3 is 15.0 Å². The number of nitrogens with zero attached hydrogens (tertiary/aromatic N) is 2. The van der Waals surface area contributed by atoms with Gasteiger partial charge >= 0.3 is 0 Å². The molecule has 0 spiro atoms. The lowest BCUT2D eigenvalue weighted by atomic mass is 9.99. The van der Waals surface area contributed by atoms with Crippen LogP contribution in [0.3, 0.4) is 0 Å². The SMILES string of the molecule is CCN(CC)c1ccc(NC(=O)C2CCOCC2)nc1. The number of hydrogen-bond donors (Lipinski definition) is 1. The summed E-state index contributed by atoms with van der Waals surface area (Å²) in [5.74, 6) is 0.724. The maximum atomic E-state index is 12.1. The van der Waals surface area contributed by atoms with E-state index in [-0.39, 0.29) is 11.8 Å². The lowest BCUT2D eigenvalue weighted by molar-refractivity contribution is -0.122. The summed E-state index contributed by atoms with van der Waals surface area (Å²) in [5, 5.41) is 2.89. The molecule has 1 N–H and O–H groups in total. The zero-order chi connectivity index (χ0) is 14.4. The number of ether oxygens (including phenoxy) is 1. The van der Waals surface area contributed by atoms with E-state index in [1.807, 2.05) is 18.3 Å². The number of amides is 1. The first-order chi connectivity index (χ1) is 9.74. The lowest BCUT2D eigenvalue weighted by Gasteiger charge is -2.22. The molecule has 2 rings (SSSR count). The molecule has 5 nitrogen and oxygen atoms in total. The highest BCUT2D eigenvalue weighted by molar-refractivity contribution is 5.91. The molecule has 1 aliphatic heterocycles. The Balaban J connectivity index is 1.94. The summed E-state index contributed by atoms with van der Waals surface area (Å²) in [6.45, 7) is 7.48. The predicted molar refractivity (Wildman–Crippen MR) is 80.0 cm³/mol. The van der Waals surface area contributed by atoms with E-state index in [4.69, 9.17) is 4.74 Å². The molecule has 20 heavy (non-hydrogen) atoms. The number of nitrogens with one attached hydrogen (secondary N) is 1. The molecule has 0 unspecified atom stereocenters. The van der Waals surface area contributed by atoms with Crippen LogP contribution in [-0.2, 0) is 9.53 Å². The van der Waals surface area contributed by atoms with Gasteiger partial charge in [0.2, 0.25) is 5.91 Å². The third-order valence-corrected chi connectivity index (χ3v) is 3.72. The van der Waals surface area contributed by atoms with Crippen molar-refractivity contribution in [3.8, 4) is 0 Å². The molecule has 1 aromatic heterocycles. The molecule has 1 amide bonds. The van der Waals surface area contributed by atoms with Gasteiger partial charge in [-0.1, -0.05) is 0 Å². The van der Waals surface area contributed by atoms with E-state index in [9.17, 15) is 4.79 Å². The standard InChI is InChI=1S/C15H23N3O2/c1-3-18(4-2)13-5-6-14(16-11-13)17-15(19)12-7-9-20-10-8-12/h5-6,11-12H,3-4,7-10H2,1-2H3,(H,16,17,19). The van der Waals surface area contributed by atoms with Crippen molar-refractivity contribution in [3.05, 3.63) is 18.3 Å². The van der Waals surface area contributed by atoms with Gasteiger partial charge in [0.15, 0.2) is 0 Å². The second-order valence-electron chi connectivity index (χ2n) is 4.95. The minimum absolute atomic E-state index is 0.0491. The van der Waals surface area contributed by atoms with E-state index in [0.29, 0.717) is 19.0 Å². The van der Waals surface area contributed by atoms with E-state index in [2.05, 4.69) is 29.0 Å². The Bertz CT molecular complexity index is 423. The Morgan fingerprint density at radius 2 is 2.05 bits per heavy atom. The fourth-order valence-corrected chi connectivity index (χ4v) is 2.42. The van der Waals surface area contributed by atoms with Crippen LogP contribution < -0.4 is 10.2 Å². The smallest absolute Gasteiger partial charge is 0.228 e. The Hall–Kier alpha value is -1.62. The number of hydrogen-bond acceptors (Lipinski definition) is 4. The highest BCUT2D eigenvalue weighted by Gasteiger charge is 2.21. The molecule has 0 atom stereocenters. The number of rotatable bonds is 5. The summed E-state index contributed by atoms with van der Waals surface area (Å²) in [7, 11) is 0. The first-order valence-corrected chi connectivity index (χ1v) is 7.34. The Morgan fingerprint density at radius 1 is 1.35 bits per heavy atom. The van der Waals surface area contributed by atoms with E-state index < -0.39 is 0 Å². The fourth-order valence-electron chi connectivity index (χ4n) is 2.42. The summed E-state index contributed by atoms with van der Waals surface area (Å²) < 4.78 is 5.27. The minimum Gasteiger partial charge on any atom is -0.381 e. The zero-order valence-electron chi connectivity index (χ0n) is 12.3. The second-order valence-corrected chi connectivity index (χ2v) is 4.95. The third-order valence-electron chi connectivity index (χ3n) is 3.72. The number of anilines is 2. The predicted octanol–water partition coefficient (Wildman–Crippen LogP) is 2.29. The second kappa shape index (κ2) is 7.24. The van der Waals surface area contributed by atoms with Crippen LogP contribution >= 0.6 is 0 Å². The maximum Gasteiger partial charge on any atom is 0.228 e. The normalized spacial score (nSPS) is 15.9. The van der Waals surface area contributed by atoms with E-state index in [1.165, 1.54) is 0 Å². The average Bonchev–Trinajstić information content (AvgIpc) is 2.51.